The van der Waals surface area contributed by atoms with Crippen LogP contribution in [0.2, 0.25) is 0 Å². The lowest BCUT2D eigenvalue weighted by Gasteiger charge is -2.17. The Bertz CT molecular complexity index is 1010. The first-order valence-corrected chi connectivity index (χ1v) is 8.96. The van der Waals surface area contributed by atoms with Gasteiger partial charge in [-0.2, -0.15) is 0 Å². The van der Waals surface area contributed by atoms with E-state index in [4.69, 9.17) is 4.74 Å². The van der Waals surface area contributed by atoms with E-state index in [0.717, 1.165) is 12.3 Å². The number of fused-ring (bicyclic) bond motifs is 1. The summed E-state index contributed by atoms with van der Waals surface area (Å²) >= 11 is 0. The van der Waals surface area contributed by atoms with E-state index in [1.54, 1.807) is 0 Å². The zero-order valence-corrected chi connectivity index (χ0v) is 15.0. The molecule has 2 aliphatic rings. The van der Waals surface area contributed by atoms with Gasteiger partial charge >= 0.3 is 6.03 Å². The monoisotopic (exact) mass is 403 g/mol. The fourth-order valence-electron chi connectivity index (χ4n) is 3.55. The lowest BCUT2D eigenvalue weighted by molar-refractivity contribution is -0.120. The fourth-order valence-corrected chi connectivity index (χ4v) is 3.55. The minimum absolute atomic E-state index is 0.0165. The lowest BCUT2D eigenvalue weighted by atomic mass is 9.87. The first-order chi connectivity index (χ1) is 13.9. The molecule has 29 heavy (non-hydrogen) atoms. The summed E-state index contributed by atoms with van der Waals surface area (Å²) in [5.41, 5.74) is 0.380. The van der Waals surface area contributed by atoms with Gasteiger partial charge in [-0.05, 0) is 24.3 Å². The number of ether oxygens (including phenoxy) is 1. The number of nitrogens with one attached hydrogen (secondary N) is 2. The third-order valence-corrected chi connectivity index (χ3v) is 4.97. The second kappa shape index (κ2) is 7.57. The smallest absolute Gasteiger partial charge is 0.345 e. The van der Waals surface area contributed by atoms with Crippen LogP contribution in [-0.4, -0.2) is 31.3 Å². The van der Waals surface area contributed by atoms with Crippen LogP contribution in [0, 0.1) is 23.4 Å². The molecule has 0 spiro atoms. The van der Waals surface area contributed by atoms with Crippen LogP contribution in [0.3, 0.4) is 0 Å². The van der Waals surface area contributed by atoms with Gasteiger partial charge in [0.15, 0.2) is 0 Å². The number of hydrogen-bond donors (Lipinski definition) is 2. The van der Waals surface area contributed by atoms with Gasteiger partial charge in [0, 0.05) is 48.0 Å². The molecular weight excluding hydrogens is 387 g/mol. The summed E-state index contributed by atoms with van der Waals surface area (Å²) in [6.45, 7) is 0.286. The Kier molecular flexibility index (Phi) is 4.96. The fraction of sp³-hybridized carbons (Fsp3) is 0.250. The average Bonchev–Trinajstić information content (AvgIpc) is 3.29. The molecule has 0 aliphatic carbocycles. The van der Waals surface area contributed by atoms with Crippen LogP contribution in [0.5, 0.6) is 5.75 Å². The molecule has 2 atom stereocenters. The van der Waals surface area contributed by atoms with E-state index < -0.39 is 41.2 Å². The molecule has 9 heteroatoms. The quantitative estimate of drug-likeness (QED) is 0.773. The minimum atomic E-state index is -1.02. The van der Waals surface area contributed by atoms with Crippen LogP contribution in [-0.2, 0) is 11.2 Å². The van der Waals surface area contributed by atoms with E-state index in [1.165, 1.54) is 24.3 Å². The van der Waals surface area contributed by atoms with Crippen molar-refractivity contribution in [3.8, 4) is 5.75 Å². The molecule has 0 aromatic heterocycles. The molecule has 2 aliphatic heterocycles. The Morgan fingerprint density at radius 1 is 1.24 bits per heavy atom. The van der Waals surface area contributed by atoms with Crippen molar-refractivity contribution in [2.24, 2.45) is 10.9 Å². The molecule has 0 radical (unpaired) electrons. The highest BCUT2D eigenvalue weighted by Crippen LogP contribution is 2.38. The molecule has 1 unspecified atom stereocenters. The second-order valence-electron chi connectivity index (χ2n) is 6.75. The van der Waals surface area contributed by atoms with Gasteiger partial charge in [0.25, 0.3) is 0 Å². The lowest BCUT2D eigenvalue weighted by Crippen LogP contribution is -2.22. The number of aliphatic imine (C=N–C) groups is 1. The molecule has 0 bridgehead atoms. The third kappa shape index (κ3) is 3.67. The summed E-state index contributed by atoms with van der Waals surface area (Å²) < 4.78 is 47.6. The molecule has 1 fully saturated rings. The highest BCUT2D eigenvalue weighted by molar-refractivity contribution is 6.02. The Morgan fingerprint density at radius 2 is 2.00 bits per heavy atom. The van der Waals surface area contributed by atoms with Crippen LogP contribution in [0.25, 0.3) is 0 Å². The molecule has 3 amide bonds. The summed E-state index contributed by atoms with van der Waals surface area (Å²) in [5.74, 6) is -4.17. The number of anilines is 1. The molecule has 2 aromatic carbocycles. The van der Waals surface area contributed by atoms with Crippen LogP contribution in [0.15, 0.2) is 35.3 Å². The zero-order chi connectivity index (χ0) is 20.5. The maximum absolute atomic E-state index is 14.9. The van der Waals surface area contributed by atoms with Gasteiger partial charge in [0.1, 0.15) is 23.2 Å². The number of nitrogens with zero attached hydrogens (tertiary/aromatic N) is 1. The van der Waals surface area contributed by atoms with E-state index in [9.17, 15) is 22.8 Å². The zero-order valence-electron chi connectivity index (χ0n) is 15.0. The van der Waals surface area contributed by atoms with Crippen LogP contribution in [0.4, 0.5) is 23.7 Å². The first kappa shape index (κ1) is 19.0. The second-order valence-corrected chi connectivity index (χ2v) is 6.75. The summed E-state index contributed by atoms with van der Waals surface area (Å²) in [4.78, 5) is 27.9. The normalized spacial score (nSPS) is 20.4. The standard InChI is InChI=1S/C20H16F3N3O3/c21-10-1-3-11(4-2-10)26-20(28)25-9-14-13(8-24-19(14)27)17-15(22)7-16-12(18(17)23)5-6-29-16/h1-4,7,9,13-14H,5-6,8H2,(H,24,27)(H,26,28)/t13-,14?/m1/s1. The number of rotatable bonds is 3. The van der Waals surface area contributed by atoms with Gasteiger partial charge in [-0.15, -0.1) is 0 Å². The average molecular weight is 403 g/mol. The van der Waals surface area contributed by atoms with Gasteiger partial charge in [-0.1, -0.05) is 0 Å². The maximum Gasteiger partial charge on any atom is 0.345 e. The molecule has 0 saturated carbocycles. The van der Waals surface area contributed by atoms with E-state index >= 15 is 0 Å². The van der Waals surface area contributed by atoms with Gasteiger partial charge < -0.3 is 15.4 Å². The van der Waals surface area contributed by atoms with Crippen molar-refractivity contribution in [2.75, 3.05) is 18.5 Å². The van der Waals surface area contributed by atoms with Crippen molar-refractivity contribution in [3.05, 3.63) is 58.9 Å². The Labute approximate surface area is 163 Å². The number of halogens is 3. The van der Waals surface area contributed by atoms with Crippen LogP contribution < -0.4 is 15.4 Å². The summed E-state index contributed by atoms with van der Waals surface area (Å²) in [5, 5.41) is 4.97. The molecular formula is C20H16F3N3O3. The van der Waals surface area contributed by atoms with Gasteiger partial charge in [0.05, 0.1) is 12.5 Å². The Balaban J connectivity index is 1.55. The van der Waals surface area contributed by atoms with Crippen molar-refractivity contribution >= 4 is 23.8 Å². The highest BCUT2D eigenvalue weighted by atomic mass is 19.1. The number of urea groups is 1. The molecule has 6 nitrogen and oxygen atoms in total. The molecule has 2 heterocycles. The van der Waals surface area contributed by atoms with E-state index in [-0.39, 0.29) is 30.0 Å². The van der Waals surface area contributed by atoms with Crippen LogP contribution in [0.1, 0.15) is 17.0 Å². The van der Waals surface area contributed by atoms with Crippen LogP contribution >= 0.6 is 0 Å². The number of carbonyl (C=O) groups is 2. The van der Waals surface area contributed by atoms with Crippen molar-refractivity contribution in [2.45, 2.75) is 12.3 Å². The van der Waals surface area contributed by atoms with E-state index in [2.05, 4.69) is 15.6 Å². The predicted molar refractivity (Wildman–Crippen MR) is 98.7 cm³/mol. The molecule has 1 saturated heterocycles. The first-order valence-electron chi connectivity index (χ1n) is 8.96. The van der Waals surface area contributed by atoms with Gasteiger partial charge in [0.2, 0.25) is 5.91 Å². The van der Waals surface area contributed by atoms with E-state index in [0.29, 0.717) is 12.1 Å². The summed E-state index contributed by atoms with van der Waals surface area (Å²) in [6.07, 6.45) is 1.40. The van der Waals surface area contributed by atoms with E-state index in [1.807, 2.05) is 0 Å². The Hall–Kier alpha value is -3.36. The molecule has 2 N–H and O–H groups in total. The largest absolute Gasteiger partial charge is 0.493 e. The van der Waals surface area contributed by atoms with Gasteiger partial charge in [-0.3, -0.25) is 4.79 Å². The maximum atomic E-state index is 14.9. The molecule has 150 valence electrons. The van der Waals surface area contributed by atoms with Crippen molar-refractivity contribution in [1.29, 1.82) is 0 Å². The topological polar surface area (TPSA) is 79.8 Å². The molecule has 2 aromatic rings. The summed E-state index contributed by atoms with van der Waals surface area (Å²) in [6, 6.07) is 5.37. The number of benzene rings is 2. The van der Waals surface area contributed by atoms with Crippen molar-refractivity contribution in [1.82, 2.24) is 5.32 Å². The van der Waals surface area contributed by atoms with Gasteiger partial charge in [-0.25, -0.2) is 23.0 Å². The Morgan fingerprint density at radius 3 is 2.76 bits per heavy atom. The van der Waals surface area contributed by atoms with Crippen molar-refractivity contribution in [3.63, 3.8) is 0 Å². The summed E-state index contributed by atoms with van der Waals surface area (Å²) in [7, 11) is 0. The minimum Gasteiger partial charge on any atom is -0.493 e. The van der Waals surface area contributed by atoms with Crippen molar-refractivity contribution < 1.29 is 27.5 Å². The SMILES string of the molecule is O=C(N=CC1C(=O)NC[C@H]1c1c(F)cc2c(c1F)CCO2)Nc1ccc(F)cc1. The highest BCUT2D eigenvalue weighted by Gasteiger charge is 2.39. The number of hydrogen-bond acceptors (Lipinski definition) is 3. The number of amides is 3. The predicted octanol–water partition coefficient (Wildman–Crippen LogP) is 3.17. The third-order valence-electron chi connectivity index (χ3n) is 4.97. The number of carbonyl (C=O) groups excluding carboxylic acids is 2. The molecule has 4 rings (SSSR count).